The Morgan fingerprint density at radius 1 is 0.972 bits per heavy atom. The highest BCUT2D eigenvalue weighted by molar-refractivity contribution is 7.90. The van der Waals surface area contributed by atoms with Gasteiger partial charge < -0.3 is 4.57 Å². The smallest absolute Gasteiger partial charge is 0.327 e. The molecule has 0 aliphatic carbocycles. The molecule has 10 heteroatoms. The van der Waals surface area contributed by atoms with Gasteiger partial charge in [-0.3, -0.25) is 4.68 Å². The van der Waals surface area contributed by atoms with Gasteiger partial charge in [0.1, 0.15) is 11.5 Å². The Morgan fingerprint density at radius 3 is 2.28 bits per heavy atom. The normalized spacial score (nSPS) is 15.4. The summed E-state index contributed by atoms with van der Waals surface area (Å²) in [5, 5.41) is 4.36. The van der Waals surface area contributed by atoms with Crippen LogP contribution in [0.25, 0.3) is 28.6 Å². The van der Waals surface area contributed by atoms with E-state index in [4.69, 9.17) is 0 Å². The van der Waals surface area contributed by atoms with Crippen LogP contribution in [-0.2, 0) is 22.6 Å². The maximum atomic E-state index is 14.5. The summed E-state index contributed by atoms with van der Waals surface area (Å²) in [6, 6.07) is 14.1. The maximum Gasteiger partial charge on any atom is 0.433 e. The van der Waals surface area contributed by atoms with Gasteiger partial charge in [-0.25, -0.2) is 12.8 Å². The minimum Gasteiger partial charge on any atom is -0.327 e. The van der Waals surface area contributed by atoms with Crippen molar-refractivity contribution in [1.82, 2.24) is 14.3 Å². The summed E-state index contributed by atoms with van der Waals surface area (Å²) < 4.78 is 83.6. The number of alkyl halides is 3. The van der Waals surface area contributed by atoms with Crippen LogP contribution in [0.5, 0.6) is 0 Å². The van der Waals surface area contributed by atoms with E-state index in [2.05, 4.69) is 5.10 Å². The molecule has 0 saturated heterocycles. The molecule has 2 aromatic carbocycles. The van der Waals surface area contributed by atoms with Crippen LogP contribution in [0, 0.1) is 5.82 Å². The molecule has 0 spiro atoms. The fourth-order valence-electron chi connectivity index (χ4n) is 4.52. The van der Waals surface area contributed by atoms with E-state index in [-0.39, 0.29) is 34.2 Å². The number of aromatic nitrogens is 3. The first-order valence-electron chi connectivity index (χ1n) is 11.1. The van der Waals surface area contributed by atoms with Gasteiger partial charge in [-0.15, -0.1) is 0 Å². The van der Waals surface area contributed by atoms with E-state index in [0.717, 1.165) is 28.8 Å². The van der Waals surface area contributed by atoms with Gasteiger partial charge in [0.2, 0.25) is 0 Å². The fraction of sp³-hybridized carbons (Fsp3) is 0.192. The SMILES string of the molecule is CS(=O)(=O)c1ccc(-c2nn(CCC3C=Cn4cccc43)c(C(F)(F)F)c2-c2ccc(F)cc2)cc1. The number of sulfone groups is 1. The van der Waals surface area contributed by atoms with Crippen LogP contribution in [0.4, 0.5) is 17.6 Å². The summed E-state index contributed by atoms with van der Waals surface area (Å²) in [5.41, 5.74) is 0.395. The summed E-state index contributed by atoms with van der Waals surface area (Å²) in [6.45, 7) is -0.00928. The lowest BCUT2D eigenvalue weighted by atomic mass is 9.98. The molecule has 3 heterocycles. The zero-order valence-corrected chi connectivity index (χ0v) is 19.9. The van der Waals surface area contributed by atoms with Crippen LogP contribution >= 0.6 is 0 Å². The van der Waals surface area contributed by atoms with E-state index < -0.39 is 27.5 Å². The first kappa shape index (κ1) is 24.1. The zero-order chi connectivity index (χ0) is 25.7. The van der Waals surface area contributed by atoms with Crippen LogP contribution in [0.1, 0.15) is 23.7 Å². The molecule has 1 aliphatic rings. The Bertz CT molecular complexity index is 1550. The van der Waals surface area contributed by atoms with Crippen molar-refractivity contribution in [2.75, 3.05) is 6.26 Å². The molecule has 5 nitrogen and oxygen atoms in total. The molecule has 36 heavy (non-hydrogen) atoms. The van der Waals surface area contributed by atoms with Gasteiger partial charge in [0.15, 0.2) is 15.5 Å². The third-order valence-corrected chi connectivity index (χ3v) is 7.36. The van der Waals surface area contributed by atoms with Crippen LogP contribution in [-0.4, -0.2) is 29.0 Å². The first-order valence-corrected chi connectivity index (χ1v) is 13.0. The van der Waals surface area contributed by atoms with Crippen molar-refractivity contribution in [3.8, 4) is 22.4 Å². The van der Waals surface area contributed by atoms with Gasteiger partial charge in [0, 0.05) is 47.9 Å². The predicted molar refractivity (Wildman–Crippen MR) is 128 cm³/mol. The van der Waals surface area contributed by atoms with Crippen LogP contribution < -0.4 is 0 Å². The van der Waals surface area contributed by atoms with Gasteiger partial charge in [-0.1, -0.05) is 30.3 Å². The standard InChI is InChI=1S/C26H21F4N3O2S/c1-36(34,35)21-10-6-19(7-11-21)24-23(18-4-8-20(27)9-5-18)25(26(28,29)30)33(31-24)16-13-17-12-15-32-14-2-3-22(17)32/h2-12,14-15,17H,13,16H2,1H3. The molecule has 186 valence electrons. The van der Waals surface area contributed by atoms with Gasteiger partial charge in [0.25, 0.3) is 0 Å². The minimum absolute atomic E-state index is 0.00928. The van der Waals surface area contributed by atoms with E-state index in [1.165, 1.54) is 36.4 Å². The lowest BCUT2D eigenvalue weighted by Gasteiger charge is -2.15. The fourth-order valence-corrected chi connectivity index (χ4v) is 5.15. The molecule has 0 amide bonds. The Hall–Kier alpha value is -3.66. The Morgan fingerprint density at radius 2 is 1.64 bits per heavy atom. The molecule has 0 bridgehead atoms. The van der Waals surface area contributed by atoms with Crippen molar-refractivity contribution >= 4 is 16.0 Å². The Balaban J connectivity index is 1.63. The first-order chi connectivity index (χ1) is 17.0. The van der Waals surface area contributed by atoms with Crippen molar-refractivity contribution in [3.05, 3.63) is 90.1 Å². The molecule has 5 rings (SSSR count). The minimum atomic E-state index is -4.74. The highest BCUT2D eigenvalue weighted by atomic mass is 32.2. The van der Waals surface area contributed by atoms with E-state index in [9.17, 15) is 26.0 Å². The molecule has 1 aliphatic heterocycles. The average molecular weight is 516 g/mol. The number of halogens is 4. The number of aryl methyl sites for hydroxylation is 1. The van der Waals surface area contributed by atoms with Crippen molar-refractivity contribution in [3.63, 3.8) is 0 Å². The van der Waals surface area contributed by atoms with Crippen molar-refractivity contribution < 1.29 is 26.0 Å². The van der Waals surface area contributed by atoms with Crippen molar-refractivity contribution in [2.45, 2.75) is 30.0 Å². The van der Waals surface area contributed by atoms with E-state index in [1.807, 2.05) is 35.2 Å². The summed E-state index contributed by atoms with van der Waals surface area (Å²) in [6.07, 6.45) is 2.40. The van der Waals surface area contributed by atoms with Crippen LogP contribution in [0.2, 0.25) is 0 Å². The average Bonchev–Trinajstić information content (AvgIpc) is 3.52. The molecule has 1 unspecified atom stereocenters. The quantitative estimate of drug-likeness (QED) is 0.286. The topological polar surface area (TPSA) is 56.9 Å². The van der Waals surface area contributed by atoms with Crippen LogP contribution in [0.3, 0.4) is 0 Å². The van der Waals surface area contributed by atoms with E-state index in [1.54, 1.807) is 0 Å². The van der Waals surface area contributed by atoms with E-state index >= 15 is 0 Å². The third-order valence-electron chi connectivity index (χ3n) is 6.23. The summed E-state index contributed by atoms with van der Waals surface area (Å²) >= 11 is 0. The molecular weight excluding hydrogens is 494 g/mol. The summed E-state index contributed by atoms with van der Waals surface area (Å²) in [4.78, 5) is 0.0427. The number of hydrogen-bond acceptors (Lipinski definition) is 3. The third kappa shape index (κ3) is 4.48. The molecule has 0 radical (unpaired) electrons. The van der Waals surface area contributed by atoms with Crippen molar-refractivity contribution in [2.24, 2.45) is 0 Å². The largest absolute Gasteiger partial charge is 0.433 e. The number of fused-ring (bicyclic) bond motifs is 1. The molecule has 1 atom stereocenters. The maximum absolute atomic E-state index is 14.5. The van der Waals surface area contributed by atoms with Gasteiger partial charge in [-0.2, -0.15) is 18.3 Å². The molecule has 2 aromatic heterocycles. The zero-order valence-electron chi connectivity index (χ0n) is 19.1. The van der Waals surface area contributed by atoms with Gasteiger partial charge >= 0.3 is 6.18 Å². The second-order valence-corrected chi connectivity index (χ2v) is 10.7. The number of hydrogen-bond donors (Lipinski definition) is 0. The molecule has 0 fully saturated rings. The number of nitrogens with zero attached hydrogens (tertiary/aromatic N) is 3. The molecule has 4 aromatic rings. The van der Waals surface area contributed by atoms with E-state index in [0.29, 0.717) is 12.0 Å². The lowest BCUT2D eigenvalue weighted by Crippen LogP contribution is -2.17. The van der Waals surface area contributed by atoms with Crippen molar-refractivity contribution in [1.29, 1.82) is 0 Å². The number of rotatable bonds is 6. The van der Waals surface area contributed by atoms with Gasteiger partial charge in [-0.05, 0) is 48.4 Å². The highest BCUT2D eigenvalue weighted by Gasteiger charge is 2.40. The monoisotopic (exact) mass is 515 g/mol. The highest BCUT2D eigenvalue weighted by Crippen LogP contribution is 2.43. The molecule has 0 saturated carbocycles. The molecular formula is C26H21F4N3O2S. The Labute approximate surface area is 205 Å². The summed E-state index contributed by atoms with van der Waals surface area (Å²) in [5.74, 6) is -0.633. The van der Waals surface area contributed by atoms with Gasteiger partial charge in [0.05, 0.1) is 4.90 Å². The second kappa shape index (κ2) is 8.77. The lowest BCUT2D eigenvalue weighted by molar-refractivity contribution is -0.143. The molecule has 0 N–H and O–H groups in total. The second-order valence-electron chi connectivity index (χ2n) is 8.67. The predicted octanol–water partition coefficient (Wildman–Crippen LogP) is 6.24. The summed E-state index contributed by atoms with van der Waals surface area (Å²) in [7, 11) is -3.49. The number of benzene rings is 2. The van der Waals surface area contributed by atoms with Crippen LogP contribution in [0.15, 0.2) is 77.8 Å². The Kier molecular flexibility index (Phi) is 5.86. The number of allylic oxidation sites excluding steroid dienone is 1.